The molecule has 90 valence electrons. The van der Waals surface area contributed by atoms with Gasteiger partial charge in [-0.05, 0) is 25.0 Å². The van der Waals surface area contributed by atoms with Crippen molar-refractivity contribution in [1.29, 1.82) is 0 Å². The van der Waals surface area contributed by atoms with Gasteiger partial charge in [0, 0.05) is 13.1 Å². The zero-order valence-electron chi connectivity index (χ0n) is 9.24. The summed E-state index contributed by atoms with van der Waals surface area (Å²) < 4.78 is 0. The molecule has 7 nitrogen and oxygen atoms in total. The fourth-order valence-electron chi connectivity index (χ4n) is 1.66. The summed E-state index contributed by atoms with van der Waals surface area (Å²) in [5.74, 6) is 0. The normalized spacial score (nSPS) is 15.4. The second-order valence-electron chi connectivity index (χ2n) is 3.74. The maximum atomic E-state index is 10.4. The van der Waals surface area contributed by atoms with Gasteiger partial charge < -0.3 is 0 Å². The molecule has 0 aliphatic carbocycles. The molecule has 1 saturated heterocycles. The van der Waals surface area contributed by atoms with Crippen LogP contribution in [0.1, 0.15) is 12.8 Å². The van der Waals surface area contributed by atoms with Gasteiger partial charge in [0.05, 0.1) is 0 Å². The summed E-state index contributed by atoms with van der Waals surface area (Å²) in [6.45, 7) is 1.79. The van der Waals surface area contributed by atoms with Crippen molar-refractivity contribution in [1.82, 2.24) is 5.01 Å². The standard InChI is InChI=1S/C10H13N5O2/c16-15(17)12-10-6-2-1-5-9(10)11-13-14-7-3-4-8-14/h1-2,5-6,12H,3-4,7-8H2. The third-order valence-electron chi connectivity index (χ3n) is 2.48. The van der Waals surface area contributed by atoms with Gasteiger partial charge in [0.15, 0.2) is 5.03 Å². The van der Waals surface area contributed by atoms with Crippen LogP contribution < -0.4 is 5.43 Å². The predicted octanol–water partition coefficient (Wildman–Crippen LogP) is 2.38. The van der Waals surface area contributed by atoms with Crippen molar-refractivity contribution < 1.29 is 5.03 Å². The molecule has 17 heavy (non-hydrogen) atoms. The average Bonchev–Trinajstić information content (AvgIpc) is 2.80. The van der Waals surface area contributed by atoms with Gasteiger partial charge in [0.25, 0.3) is 0 Å². The van der Waals surface area contributed by atoms with Crippen LogP contribution in [-0.4, -0.2) is 23.1 Å². The van der Waals surface area contributed by atoms with Crippen LogP contribution in [-0.2, 0) is 0 Å². The zero-order chi connectivity index (χ0) is 12.1. The first kappa shape index (κ1) is 11.3. The van der Waals surface area contributed by atoms with E-state index in [1.807, 2.05) is 5.01 Å². The molecule has 2 rings (SSSR count). The molecular weight excluding hydrogens is 222 g/mol. The van der Waals surface area contributed by atoms with E-state index in [0.717, 1.165) is 25.9 Å². The fourth-order valence-corrected chi connectivity index (χ4v) is 1.66. The zero-order valence-corrected chi connectivity index (χ0v) is 9.24. The molecule has 7 heteroatoms. The number of para-hydroxylation sites is 1. The van der Waals surface area contributed by atoms with E-state index in [9.17, 15) is 10.1 Å². The Hall–Kier alpha value is -2.18. The average molecular weight is 235 g/mol. The van der Waals surface area contributed by atoms with E-state index in [2.05, 4.69) is 15.8 Å². The highest BCUT2D eigenvalue weighted by Gasteiger charge is 2.10. The summed E-state index contributed by atoms with van der Waals surface area (Å²) in [5, 5.41) is 19.7. The molecule has 0 aromatic heterocycles. The van der Waals surface area contributed by atoms with E-state index in [0.29, 0.717) is 11.4 Å². The van der Waals surface area contributed by atoms with Crippen LogP contribution in [0.25, 0.3) is 0 Å². The molecule has 0 unspecified atom stereocenters. The quantitative estimate of drug-likeness (QED) is 0.493. The number of hydrogen-bond acceptors (Lipinski definition) is 4. The first-order chi connectivity index (χ1) is 8.25. The number of anilines is 1. The van der Waals surface area contributed by atoms with Crippen molar-refractivity contribution >= 4 is 11.4 Å². The van der Waals surface area contributed by atoms with Crippen LogP contribution >= 0.6 is 0 Å². The Bertz CT molecular complexity index is 428. The Balaban J connectivity index is 2.10. The SMILES string of the molecule is O=[N+]([O-])Nc1ccccc1N=NN1CCCC1. The second kappa shape index (κ2) is 5.24. The van der Waals surface area contributed by atoms with E-state index in [4.69, 9.17) is 0 Å². The summed E-state index contributed by atoms with van der Waals surface area (Å²) in [7, 11) is 0. The molecule has 0 spiro atoms. The van der Waals surface area contributed by atoms with E-state index in [-0.39, 0.29) is 0 Å². The monoisotopic (exact) mass is 235 g/mol. The van der Waals surface area contributed by atoms with Gasteiger partial charge >= 0.3 is 0 Å². The molecule has 1 fully saturated rings. The summed E-state index contributed by atoms with van der Waals surface area (Å²) in [5.41, 5.74) is 2.91. The van der Waals surface area contributed by atoms with Crippen LogP contribution in [0.4, 0.5) is 11.4 Å². The third kappa shape index (κ3) is 3.13. The summed E-state index contributed by atoms with van der Waals surface area (Å²) >= 11 is 0. The Morgan fingerprint density at radius 1 is 1.29 bits per heavy atom. The minimum atomic E-state index is -0.607. The number of nitrogens with one attached hydrogen (secondary N) is 1. The van der Waals surface area contributed by atoms with Gasteiger partial charge in [0.2, 0.25) is 0 Å². The van der Waals surface area contributed by atoms with E-state index >= 15 is 0 Å². The van der Waals surface area contributed by atoms with Gasteiger partial charge in [0.1, 0.15) is 11.4 Å². The van der Waals surface area contributed by atoms with E-state index in [1.54, 1.807) is 24.3 Å². The number of hydrogen-bond donors (Lipinski definition) is 1. The Morgan fingerprint density at radius 2 is 2.00 bits per heavy atom. The highest BCUT2D eigenvalue weighted by atomic mass is 16.7. The van der Waals surface area contributed by atoms with Crippen molar-refractivity contribution in [3.8, 4) is 0 Å². The molecule has 0 amide bonds. The number of nitrogens with zero attached hydrogens (tertiary/aromatic N) is 4. The molecular formula is C10H13N5O2. The van der Waals surface area contributed by atoms with Crippen molar-refractivity contribution in [2.24, 2.45) is 10.3 Å². The molecule has 1 N–H and O–H groups in total. The fraction of sp³-hybridized carbons (Fsp3) is 0.400. The summed E-state index contributed by atoms with van der Waals surface area (Å²) in [6.07, 6.45) is 2.24. The third-order valence-corrected chi connectivity index (χ3v) is 2.48. The number of rotatable bonds is 4. The number of nitro groups is 1. The maximum Gasteiger partial charge on any atom is 0.162 e. The highest BCUT2D eigenvalue weighted by Crippen LogP contribution is 2.25. The highest BCUT2D eigenvalue weighted by molar-refractivity contribution is 5.63. The molecule has 1 aromatic carbocycles. The van der Waals surface area contributed by atoms with Gasteiger partial charge in [-0.15, -0.1) is 10.5 Å². The molecule has 0 bridgehead atoms. The van der Waals surface area contributed by atoms with Crippen LogP contribution in [0.3, 0.4) is 0 Å². The van der Waals surface area contributed by atoms with Gasteiger partial charge in [-0.2, -0.15) is 0 Å². The van der Waals surface area contributed by atoms with E-state index < -0.39 is 5.03 Å². The first-order valence-corrected chi connectivity index (χ1v) is 5.42. The molecule has 0 radical (unpaired) electrons. The molecule has 1 aromatic rings. The van der Waals surface area contributed by atoms with Gasteiger partial charge in [-0.1, -0.05) is 17.4 Å². The minimum absolute atomic E-state index is 0.348. The Labute approximate surface area is 98.2 Å². The van der Waals surface area contributed by atoms with Gasteiger partial charge in [-0.3, -0.25) is 5.01 Å². The van der Waals surface area contributed by atoms with Crippen LogP contribution in [0.2, 0.25) is 0 Å². The lowest BCUT2D eigenvalue weighted by atomic mass is 10.3. The summed E-state index contributed by atoms with van der Waals surface area (Å²) in [6, 6.07) is 6.76. The molecule has 1 heterocycles. The molecule has 1 aliphatic heterocycles. The van der Waals surface area contributed by atoms with Crippen molar-refractivity contribution in [3.63, 3.8) is 0 Å². The lowest BCUT2D eigenvalue weighted by molar-refractivity contribution is -0.445. The second-order valence-corrected chi connectivity index (χ2v) is 3.74. The van der Waals surface area contributed by atoms with Crippen molar-refractivity contribution in [3.05, 3.63) is 34.4 Å². The van der Waals surface area contributed by atoms with Gasteiger partial charge in [-0.25, -0.2) is 10.1 Å². The lowest BCUT2D eigenvalue weighted by Gasteiger charge is -2.07. The van der Waals surface area contributed by atoms with Crippen LogP contribution in [0.15, 0.2) is 34.6 Å². The molecule has 1 aliphatic rings. The Morgan fingerprint density at radius 3 is 2.71 bits per heavy atom. The van der Waals surface area contributed by atoms with Crippen molar-refractivity contribution in [2.75, 3.05) is 18.5 Å². The molecule has 0 saturated carbocycles. The minimum Gasteiger partial charge on any atom is -0.278 e. The first-order valence-electron chi connectivity index (χ1n) is 5.42. The molecule has 0 atom stereocenters. The van der Waals surface area contributed by atoms with E-state index in [1.165, 1.54) is 0 Å². The van der Waals surface area contributed by atoms with Crippen LogP contribution in [0.5, 0.6) is 0 Å². The number of benzene rings is 1. The summed E-state index contributed by atoms with van der Waals surface area (Å²) in [4.78, 5) is 10.4. The topological polar surface area (TPSA) is 83.1 Å². The maximum absolute atomic E-state index is 10.4. The van der Waals surface area contributed by atoms with Crippen LogP contribution in [0, 0.1) is 10.1 Å². The van der Waals surface area contributed by atoms with Crippen molar-refractivity contribution in [2.45, 2.75) is 12.8 Å². The smallest absolute Gasteiger partial charge is 0.162 e. The number of hydrazine groups is 1. The predicted molar refractivity (Wildman–Crippen MR) is 62.4 cm³/mol. The lowest BCUT2D eigenvalue weighted by Crippen LogP contribution is -2.10. The largest absolute Gasteiger partial charge is 0.278 e. The Kier molecular flexibility index (Phi) is 3.49.